The molecule has 0 aromatic heterocycles. The van der Waals surface area contributed by atoms with E-state index in [0.717, 1.165) is 25.7 Å². The molecule has 0 aromatic rings. The molecule has 0 spiro atoms. The van der Waals surface area contributed by atoms with Crippen molar-refractivity contribution in [3.8, 4) is 0 Å². The van der Waals surface area contributed by atoms with Gasteiger partial charge in [0.25, 0.3) is 0 Å². The smallest absolute Gasteiger partial charge is 0.104 e. The Hall–Kier alpha value is -1.06. The summed E-state index contributed by atoms with van der Waals surface area (Å²) in [6.45, 7) is 4.45. The van der Waals surface area contributed by atoms with Crippen LogP contribution in [-0.2, 0) is 0 Å². The zero-order valence-corrected chi connectivity index (χ0v) is 16.1. The van der Waals surface area contributed by atoms with Crippen molar-refractivity contribution in [1.29, 1.82) is 0 Å². The molecule has 0 fully saturated rings. The highest BCUT2D eigenvalue weighted by Crippen LogP contribution is 2.12. The summed E-state index contributed by atoms with van der Waals surface area (Å²) in [7, 11) is 0. The quantitative estimate of drug-likeness (QED) is 0.130. The van der Waals surface area contributed by atoms with E-state index in [1.165, 1.54) is 64.2 Å². The molecule has 2 N–H and O–H groups in total. The number of oxime groups is 2. The molecule has 0 rings (SSSR count). The van der Waals surface area contributed by atoms with E-state index in [-0.39, 0.29) is 0 Å². The van der Waals surface area contributed by atoms with Crippen LogP contribution in [0.3, 0.4) is 0 Å². The van der Waals surface area contributed by atoms with Crippen LogP contribution in [0.5, 0.6) is 0 Å². The lowest BCUT2D eigenvalue weighted by atomic mass is 10.0. The minimum Gasteiger partial charge on any atom is -0.411 e. The summed E-state index contributed by atoms with van der Waals surface area (Å²) in [4.78, 5) is 0. The molecule has 0 saturated heterocycles. The molecule has 0 heterocycles. The van der Waals surface area contributed by atoms with Crippen LogP contribution in [0.4, 0.5) is 0 Å². The molecule has 0 aliphatic heterocycles. The molecule has 0 aliphatic rings. The lowest BCUT2D eigenvalue weighted by Gasteiger charge is -2.07. The van der Waals surface area contributed by atoms with Gasteiger partial charge in [-0.05, 0) is 25.7 Å². The zero-order chi connectivity index (χ0) is 17.9. The molecule has 0 saturated carbocycles. The topological polar surface area (TPSA) is 65.2 Å². The van der Waals surface area contributed by atoms with Gasteiger partial charge in [-0.2, -0.15) is 0 Å². The maximum Gasteiger partial charge on any atom is 0.104 e. The van der Waals surface area contributed by atoms with E-state index in [2.05, 4.69) is 24.2 Å². The summed E-state index contributed by atoms with van der Waals surface area (Å²) in [6.07, 6.45) is 18.6. The molecular formula is C20H40N2O2. The van der Waals surface area contributed by atoms with Crippen molar-refractivity contribution >= 4 is 11.4 Å². The summed E-state index contributed by atoms with van der Waals surface area (Å²) in [5.41, 5.74) is 1.13. The minimum atomic E-state index is 0.567. The van der Waals surface area contributed by atoms with Crippen LogP contribution in [0.25, 0.3) is 0 Å². The maximum absolute atomic E-state index is 9.20. The van der Waals surface area contributed by atoms with Crippen LogP contribution in [0, 0.1) is 0 Å². The molecule has 0 aromatic carbocycles. The third-order valence-corrected chi connectivity index (χ3v) is 4.61. The van der Waals surface area contributed by atoms with E-state index < -0.39 is 0 Å². The Labute approximate surface area is 149 Å². The van der Waals surface area contributed by atoms with Gasteiger partial charge in [-0.3, -0.25) is 0 Å². The molecule has 0 bridgehead atoms. The van der Waals surface area contributed by atoms with Crippen molar-refractivity contribution in [2.45, 2.75) is 117 Å². The van der Waals surface area contributed by atoms with Gasteiger partial charge in [-0.15, -0.1) is 0 Å². The third kappa shape index (κ3) is 13.4. The predicted octanol–water partition coefficient (Wildman–Crippen LogP) is 6.93. The van der Waals surface area contributed by atoms with Crippen molar-refractivity contribution in [1.82, 2.24) is 0 Å². The van der Waals surface area contributed by atoms with Gasteiger partial charge >= 0.3 is 0 Å². The van der Waals surface area contributed by atoms with Crippen molar-refractivity contribution in [3.63, 3.8) is 0 Å². The fourth-order valence-electron chi connectivity index (χ4n) is 3.00. The highest BCUT2D eigenvalue weighted by Gasteiger charge is 2.10. The molecule has 24 heavy (non-hydrogen) atoms. The lowest BCUT2D eigenvalue weighted by Crippen LogP contribution is -2.14. The molecular weight excluding hydrogens is 300 g/mol. The summed E-state index contributed by atoms with van der Waals surface area (Å²) < 4.78 is 0. The van der Waals surface area contributed by atoms with Gasteiger partial charge in [-0.25, -0.2) is 0 Å². The van der Waals surface area contributed by atoms with E-state index in [9.17, 15) is 10.4 Å². The lowest BCUT2D eigenvalue weighted by molar-refractivity contribution is 0.312. The first-order valence-corrected chi connectivity index (χ1v) is 10.2. The van der Waals surface area contributed by atoms with E-state index >= 15 is 0 Å². The van der Waals surface area contributed by atoms with Gasteiger partial charge in [0.1, 0.15) is 11.4 Å². The van der Waals surface area contributed by atoms with Gasteiger partial charge in [0, 0.05) is 0 Å². The van der Waals surface area contributed by atoms with E-state index in [1.807, 2.05) is 0 Å². The SMILES string of the molecule is CCCCCCCCCC(=NO)C(CCCCCCCCC)=NO. The van der Waals surface area contributed by atoms with E-state index in [1.54, 1.807) is 0 Å². The average Bonchev–Trinajstić information content (AvgIpc) is 2.61. The minimum absolute atomic E-state index is 0.567. The molecule has 0 amide bonds. The van der Waals surface area contributed by atoms with Crippen molar-refractivity contribution in [2.75, 3.05) is 0 Å². The summed E-state index contributed by atoms with van der Waals surface area (Å²) in [5, 5.41) is 25.1. The van der Waals surface area contributed by atoms with Crippen molar-refractivity contribution in [3.05, 3.63) is 0 Å². The Bertz CT molecular complexity index is 296. The highest BCUT2D eigenvalue weighted by atomic mass is 16.4. The Kier molecular flexibility index (Phi) is 17.5. The monoisotopic (exact) mass is 340 g/mol. The molecule has 0 atom stereocenters. The standard InChI is InChI=1S/C20H40N2O2/c1-3-5-7-9-11-13-15-17-19(21-23)20(22-24)18-16-14-12-10-8-6-4-2/h23-24H,3-18H2,1-2H3. The largest absolute Gasteiger partial charge is 0.411 e. The number of hydrogen-bond acceptors (Lipinski definition) is 4. The first-order valence-electron chi connectivity index (χ1n) is 10.2. The number of rotatable bonds is 17. The normalized spacial score (nSPS) is 12.8. The van der Waals surface area contributed by atoms with Crippen molar-refractivity contribution < 1.29 is 10.4 Å². The van der Waals surface area contributed by atoms with Crippen LogP contribution in [0.1, 0.15) is 117 Å². The number of nitrogens with zero attached hydrogens (tertiary/aromatic N) is 2. The van der Waals surface area contributed by atoms with Gasteiger partial charge in [0.15, 0.2) is 0 Å². The van der Waals surface area contributed by atoms with Crippen LogP contribution in [0.2, 0.25) is 0 Å². The third-order valence-electron chi connectivity index (χ3n) is 4.61. The van der Waals surface area contributed by atoms with Crippen molar-refractivity contribution in [2.24, 2.45) is 10.3 Å². The van der Waals surface area contributed by atoms with Crippen LogP contribution in [-0.4, -0.2) is 21.8 Å². The first-order chi connectivity index (χ1) is 11.8. The van der Waals surface area contributed by atoms with Gasteiger partial charge in [0.2, 0.25) is 0 Å². The second-order valence-electron chi connectivity index (χ2n) is 6.84. The van der Waals surface area contributed by atoms with Crippen LogP contribution >= 0.6 is 0 Å². The Morgan fingerprint density at radius 2 is 0.792 bits per heavy atom. The Balaban J connectivity index is 3.80. The predicted molar refractivity (Wildman–Crippen MR) is 104 cm³/mol. The highest BCUT2D eigenvalue weighted by molar-refractivity contribution is 6.42. The second-order valence-corrected chi connectivity index (χ2v) is 6.84. The van der Waals surface area contributed by atoms with Gasteiger partial charge < -0.3 is 10.4 Å². The fraction of sp³-hybridized carbons (Fsp3) is 0.900. The first kappa shape index (κ1) is 22.9. The van der Waals surface area contributed by atoms with Crippen LogP contribution in [0.15, 0.2) is 10.3 Å². The maximum atomic E-state index is 9.20. The van der Waals surface area contributed by atoms with E-state index in [4.69, 9.17) is 0 Å². The zero-order valence-electron chi connectivity index (χ0n) is 16.1. The van der Waals surface area contributed by atoms with Crippen LogP contribution < -0.4 is 0 Å². The Morgan fingerprint density at radius 1 is 0.500 bits per heavy atom. The van der Waals surface area contributed by atoms with Gasteiger partial charge in [-0.1, -0.05) is 101 Å². The second kappa shape index (κ2) is 18.3. The average molecular weight is 341 g/mol. The Morgan fingerprint density at radius 3 is 1.08 bits per heavy atom. The van der Waals surface area contributed by atoms with Gasteiger partial charge in [0.05, 0.1) is 0 Å². The number of unbranched alkanes of at least 4 members (excludes halogenated alkanes) is 12. The fourth-order valence-corrected chi connectivity index (χ4v) is 3.00. The summed E-state index contributed by atoms with van der Waals surface area (Å²) in [6, 6.07) is 0. The molecule has 4 nitrogen and oxygen atoms in total. The summed E-state index contributed by atoms with van der Waals surface area (Å²) in [5.74, 6) is 0. The molecule has 0 aliphatic carbocycles. The summed E-state index contributed by atoms with van der Waals surface area (Å²) >= 11 is 0. The molecule has 142 valence electrons. The molecule has 0 unspecified atom stereocenters. The van der Waals surface area contributed by atoms with E-state index in [0.29, 0.717) is 24.3 Å². The number of hydrogen-bond donors (Lipinski definition) is 2. The molecule has 4 heteroatoms. The molecule has 0 radical (unpaired) electrons.